The predicted molar refractivity (Wildman–Crippen MR) is 51.7 cm³/mol. The average Bonchev–Trinajstić information content (AvgIpc) is 2.01. The van der Waals surface area contributed by atoms with Crippen LogP contribution in [0.1, 0.15) is 46.5 Å². The lowest BCUT2D eigenvalue weighted by Gasteiger charge is -2.28. The van der Waals surface area contributed by atoms with Crippen LogP contribution in [-0.4, -0.2) is 5.33 Å². The maximum atomic E-state index is 3.59. The maximum absolute atomic E-state index is 3.59. The highest BCUT2D eigenvalue weighted by molar-refractivity contribution is 9.09. The summed E-state index contributed by atoms with van der Waals surface area (Å²) in [5, 5.41) is 1.17. The van der Waals surface area contributed by atoms with Crippen molar-refractivity contribution in [2.45, 2.75) is 46.5 Å². The van der Waals surface area contributed by atoms with Crippen molar-refractivity contribution in [3.05, 3.63) is 0 Å². The summed E-state index contributed by atoms with van der Waals surface area (Å²) >= 11 is 3.59. The summed E-state index contributed by atoms with van der Waals surface area (Å²) in [4.78, 5) is 0. The van der Waals surface area contributed by atoms with Crippen LogP contribution in [0.5, 0.6) is 0 Å². The highest BCUT2D eigenvalue weighted by Crippen LogP contribution is 2.33. The summed E-state index contributed by atoms with van der Waals surface area (Å²) in [6, 6.07) is 0. The van der Waals surface area contributed by atoms with Gasteiger partial charge in [-0.3, -0.25) is 0 Å². The van der Waals surface area contributed by atoms with E-state index in [9.17, 15) is 0 Å². The molecule has 0 bridgehead atoms. The number of hydrogen-bond donors (Lipinski definition) is 0. The summed E-state index contributed by atoms with van der Waals surface area (Å²) in [5.41, 5.74) is 0.592. The molecular weight excluding hydrogens is 188 g/mol. The zero-order chi connectivity index (χ0) is 8.04. The third-order valence-corrected chi connectivity index (χ3v) is 3.75. The van der Waals surface area contributed by atoms with Gasteiger partial charge in [-0.25, -0.2) is 0 Å². The van der Waals surface area contributed by atoms with E-state index in [-0.39, 0.29) is 0 Å². The topological polar surface area (TPSA) is 0 Å². The molecular formula is C9H19Br. The van der Waals surface area contributed by atoms with Gasteiger partial charge < -0.3 is 0 Å². The normalized spacial score (nSPS) is 12.0. The zero-order valence-electron chi connectivity index (χ0n) is 7.41. The maximum Gasteiger partial charge on any atom is 0.00877 e. The first kappa shape index (κ1) is 10.5. The van der Waals surface area contributed by atoms with Gasteiger partial charge in [0.2, 0.25) is 0 Å². The second kappa shape index (κ2) is 5.17. The fourth-order valence-electron chi connectivity index (χ4n) is 1.39. The van der Waals surface area contributed by atoms with Crippen LogP contribution in [0.15, 0.2) is 0 Å². The van der Waals surface area contributed by atoms with Crippen LogP contribution >= 0.6 is 15.9 Å². The van der Waals surface area contributed by atoms with Gasteiger partial charge in [0.1, 0.15) is 0 Å². The van der Waals surface area contributed by atoms with Crippen LogP contribution < -0.4 is 0 Å². The van der Waals surface area contributed by atoms with Crippen LogP contribution in [0.2, 0.25) is 0 Å². The summed E-state index contributed by atoms with van der Waals surface area (Å²) in [7, 11) is 0. The fourth-order valence-corrected chi connectivity index (χ4v) is 2.46. The minimum absolute atomic E-state index is 0.592. The minimum Gasteiger partial charge on any atom is -0.0922 e. The summed E-state index contributed by atoms with van der Waals surface area (Å²) in [5.74, 6) is 0. The van der Waals surface area contributed by atoms with Crippen molar-refractivity contribution >= 4 is 15.9 Å². The van der Waals surface area contributed by atoms with Gasteiger partial charge in [0.25, 0.3) is 0 Å². The molecule has 0 saturated carbocycles. The van der Waals surface area contributed by atoms with E-state index in [1.54, 1.807) is 0 Å². The molecule has 0 aliphatic carbocycles. The molecule has 0 spiro atoms. The number of alkyl halides is 1. The van der Waals surface area contributed by atoms with Crippen molar-refractivity contribution in [1.82, 2.24) is 0 Å². The number of hydrogen-bond acceptors (Lipinski definition) is 0. The van der Waals surface area contributed by atoms with Crippen molar-refractivity contribution in [3.63, 3.8) is 0 Å². The van der Waals surface area contributed by atoms with Crippen molar-refractivity contribution in [2.75, 3.05) is 5.33 Å². The van der Waals surface area contributed by atoms with Crippen molar-refractivity contribution < 1.29 is 0 Å². The van der Waals surface area contributed by atoms with Gasteiger partial charge in [0.05, 0.1) is 0 Å². The molecule has 0 rings (SSSR count). The highest BCUT2D eigenvalue weighted by Gasteiger charge is 2.22. The van der Waals surface area contributed by atoms with E-state index in [2.05, 4.69) is 36.7 Å². The molecule has 0 radical (unpaired) electrons. The van der Waals surface area contributed by atoms with Gasteiger partial charge in [-0.05, 0) is 24.7 Å². The molecule has 0 aliphatic rings. The Morgan fingerprint density at radius 1 is 1.10 bits per heavy atom. The first-order chi connectivity index (χ1) is 4.74. The predicted octanol–water partition coefficient (Wildman–Crippen LogP) is 3.99. The molecule has 62 valence electrons. The van der Waals surface area contributed by atoms with E-state index >= 15 is 0 Å². The molecule has 0 amide bonds. The molecule has 0 heterocycles. The third kappa shape index (κ3) is 2.61. The minimum atomic E-state index is 0.592. The van der Waals surface area contributed by atoms with Gasteiger partial charge in [0.15, 0.2) is 0 Å². The Morgan fingerprint density at radius 3 is 1.70 bits per heavy atom. The van der Waals surface area contributed by atoms with Crippen LogP contribution in [0.3, 0.4) is 0 Å². The van der Waals surface area contributed by atoms with Crippen molar-refractivity contribution in [1.29, 1.82) is 0 Å². The van der Waals surface area contributed by atoms with E-state index in [0.717, 1.165) is 0 Å². The van der Waals surface area contributed by atoms with Crippen molar-refractivity contribution in [2.24, 2.45) is 5.41 Å². The average molecular weight is 207 g/mol. The molecule has 0 aromatic carbocycles. The van der Waals surface area contributed by atoms with E-state index in [1.807, 2.05) is 0 Å². The largest absolute Gasteiger partial charge is 0.0922 e. The van der Waals surface area contributed by atoms with Crippen LogP contribution in [-0.2, 0) is 0 Å². The van der Waals surface area contributed by atoms with Crippen LogP contribution in [0.25, 0.3) is 0 Å². The molecule has 0 aliphatic heterocycles. The first-order valence-corrected chi connectivity index (χ1v) is 5.42. The second-order valence-corrected chi connectivity index (χ2v) is 3.65. The van der Waals surface area contributed by atoms with Crippen LogP contribution in [0.4, 0.5) is 0 Å². The molecule has 0 nitrogen and oxygen atoms in total. The standard InChI is InChI=1S/C9H19Br/c1-4-7-9(5-2,6-3)8-10/h4-8H2,1-3H3. The molecule has 0 aromatic rings. The Morgan fingerprint density at radius 2 is 1.60 bits per heavy atom. The van der Waals surface area contributed by atoms with E-state index in [4.69, 9.17) is 0 Å². The molecule has 0 fully saturated rings. The Labute approximate surface area is 73.5 Å². The second-order valence-electron chi connectivity index (χ2n) is 3.09. The van der Waals surface area contributed by atoms with Gasteiger partial charge in [-0.15, -0.1) is 0 Å². The lowest BCUT2D eigenvalue weighted by molar-refractivity contribution is 0.281. The summed E-state index contributed by atoms with van der Waals surface area (Å²) in [6.45, 7) is 6.85. The summed E-state index contributed by atoms with van der Waals surface area (Å²) < 4.78 is 0. The number of rotatable bonds is 5. The Bertz CT molecular complexity index is 66.5. The van der Waals surface area contributed by atoms with Crippen molar-refractivity contribution in [3.8, 4) is 0 Å². The molecule has 0 aromatic heterocycles. The Balaban J connectivity index is 3.87. The quantitative estimate of drug-likeness (QED) is 0.598. The van der Waals surface area contributed by atoms with Gasteiger partial charge in [-0.2, -0.15) is 0 Å². The lowest BCUT2D eigenvalue weighted by atomic mass is 9.81. The fraction of sp³-hybridized carbons (Fsp3) is 1.00. The SMILES string of the molecule is CCCC(CC)(CC)CBr. The van der Waals surface area contributed by atoms with E-state index < -0.39 is 0 Å². The Hall–Kier alpha value is 0.480. The van der Waals surface area contributed by atoms with Crippen LogP contribution in [0, 0.1) is 5.41 Å². The smallest absolute Gasteiger partial charge is 0.00877 e. The monoisotopic (exact) mass is 206 g/mol. The van der Waals surface area contributed by atoms with Gasteiger partial charge >= 0.3 is 0 Å². The lowest BCUT2D eigenvalue weighted by Crippen LogP contribution is -2.20. The number of halogens is 1. The molecule has 0 N–H and O–H groups in total. The van der Waals surface area contributed by atoms with E-state index in [0.29, 0.717) is 5.41 Å². The molecule has 0 saturated heterocycles. The first-order valence-electron chi connectivity index (χ1n) is 4.30. The molecule has 1 heteroatoms. The Kier molecular flexibility index (Phi) is 5.42. The summed E-state index contributed by atoms with van der Waals surface area (Å²) in [6.07, 6.45) is 5.30. The third-order valence-electron chi connectivity index (χ3n) is 2.56. The van der Waals surface area contributed by atoms with E-state index in [1.165, 1.54) is 31.0 Å². The molecule has 0 atom stereocenters. The van der Waals surface area contributed by atoms with Gasteiger partial charge in [0, 0.05) is 5.33 Å². The molecule has 0 unspecified atom stereocenters. The molecule has 10 heavy (non-hydrogen) atoms. The highest BCUT2D eigenvalue weighted by atomic mass is 79.9. The zero-order valence-corrected chi connectivity index (χ0v) is 9.00. The van der Waals surface area contributed by atoms with Gasteiger partial charge in [-0.1, -0.05) is 43.1 Å².